The summed E-state index contributed by atoms with van der Waals surface area (Å²) in [5, 5.41) is 3.40. The fourth-order valence-corrected chi connectivity index (χ4v) is 7.12. The number of halogens is 3. The summed E-state index contributed by atoms with van der Waals surface area (Å²) in [5.74, 6) is -0.731. The molecule has 0 heterocycles. The van der Waals surface area contributed by atoms with E-state index in [2.05, 4.69) is 21.2 Å². The third kappa shape index (κ3) is 9.56. The van der Waals surface area contributed by atoms with Crippen molar-refractivity contribution in [2.45, 2.75) is 37.8 Å². The second-order valence-electron chi connectivity index (χ2n) is 10.9. The van der Waals surface area contributed by atoms with Crippen LogP contribution in [-0.4, -0.2) is 44.3 Å². The molecule has 0 aromatic heterocycles. The highest BCUT2D eigenvalue weighted by atomic mass is 79.9. The quantitative estimate of drug-likeness (QED) is 0.156. The molecular formula is C34H34BrCl2N3O4S. The van der Waals surface area contributed by atoms with E-state index in [1.807, 2.05) is 68.4 Å². The molecule has 11 heteroatoms. The fourth-order valence-electron chi connectivity index (χ4n) is 4.74. The SMILES string of the molecule is CC(C)CNC(=O)[C@H](Cc1ccccc1)N(Cc1cccc(Br)c1)C(=O)CN(c1cc(Cl)cc(Cl)c1)S(=O)(=O)c1ccccc1. The number of sulfonamides is 1. The normalized spacial score (nSPS) is 12.0. The van der Waals surface area contributed by atoms with Crippen molar-refractivity contribution in [3.05, 3.63) is 129 Å². The molecule has 0 aliphatic heterocycles. The molecular weight excluding hydrogens is 697 g/mol. The number of benzene rings is 4. The smallest absolute Gasteiger partial charge is 0.264 e. The van der Waals surface area contributed by atoms with Crippen molar-refractivity contribution in [3.8, 4) is 0 Å². The summed E-state index contributed by atoms with van der Waals surface area (Å²) < 4.78 is 29.9. The molecule has 1 N–H and O–H groups in total. The first kappa shape index (κ1) is 34.5. The lowest BCUT2D eigenvalue weighted by Gasteiger charge is -2.34. The number of hydrogen-bond donors (Lipinski definition) is 1. The second-order valence-corrected chi connectivity index (χ2v) is 14.6. The van der Waals surface area contributed by atoms with Gasteiger partial charge in [-0.15, -0.1) is 0 Å². The molecule has 2 amide bonds. The number of carbonyl (C=O) groups excluding carboxylic acids is 2. The van der Waals surface area contributed by atoms with Gasteiger partial charge < -0.3 is 10.2 Å². The van der Waals surface area contributed by atoms with E-state index in [1.165, 1.54) is 35.2 Å². The lowest BCUT2D eigenvalue weighted by molar-refractivity contribution is -0.140. The second kappa shape index (κ2) is 15.8. The Balaban J connectivity index is 1.82. The Labute approximate surface area is 283 Å². The number of amides is 2. The maximum absolute atomic E-state index is 14.5. The Morgan fingerprint density at radius 1 is 0.822 bits per heavy atom. The lowest BCUT2D eigenvalue weighted by Crippen LogP contribution is -2.53. The minimum atomic E-state index is -4.26. The maximum atomic E-state index is 14.5. The van der Waals surface area contributed by atoms with Crippen LogP contribution in [0.1, 0.15) is 25.0 Å². The highest BCUT2D eigenvalue weighted by Crippen LogP contribution is 2.30. The molecule has 45 heavy (non-hydrogen) atoms. The standard InChI is InChI=1S/C34H34BrCl2N3O4S/c1-24(2)21-38-34(42)32(17-25-10-5-3-6-11-25)39(22-26-12-9-13-27(35)16-26)33(41)23-40(30-19-28(36)18-29(37)20-30)45(43,44)31-14-7-4-8-15-31/h3-16,18-20,24,32H,17,21-23H2,1-2H3,(H,38,42)/t32-/m0/s1. The Bertz CT molecular complexity index is 1700. The summed E-state index contributed by atoms with van der Waals surface area (Å²) in [6.07, 6.45) is 0.221. The molecule has 0 bridgehead atoms. The topological polar surface area (TPSA) is 86.8 Å². The van der Waals surface area contributed by atoms with Crippen LogP contribution >= 0.6 is 39.1 Å². The summed E-state index contributed by atoms with van der Waals surface area (Å²) in [7, 11) is -4.26. The van der Waals surface area contributed by atoms with Crippen LogP contribution in [0, 0.1) is 5.92 Å². The predicted octanol–water partition coefficient (Wildman–Crippen LogP) is 7.36. The van der Waals surface area contributed by atoms with Gasteiger partial charge in [0, 0.05) is 34.0 Å². The molecule has 0 saturated heterocycles. The van der Waals surface area contributed by atoms with Crippen LogP contribution in [0.4, 0.5) is 5.69 Å². The van der Waals surface area contributed by atoms with Crippen molar-refractivity contribution in [1.29, 1.82) is 0 Å². The van der Waals surface area contributed by atoms with Crippen molar-refractivity contribution in [1.82, 2.24) is 10.2 Å². The van der Waals surface area contributed by atoms with Crippen LogP contribution in [0.25, 0.3) is 0 Å². The van der Waals surface area contributed by atoms with Crippen molar-refractivity contribution in [2.75, 3.05) is 17.4 Å². The number of nitrogens with zero attached hydrogens (tertiary/aromatic N) is 2. The van der Waals surface area contributed by atoms with Gasteiger partial charge in [0.1, 0.15) is 12.6 Å². The molecule has 0 fully saturated rings. The zero-order valence-corrected chi connectivity index (χ0v) is 28.8. The molecule has 4 aromatic rings. The van der Waals surface area contributed by atoms with Gasteiger partial charge in [-0.3, -0.25) is 13.9 Å². The van der Waals surface area contributed by atoms with Gasteiger partial charge in [-0.25, -0.2) is 8.42 Å². The Morgan fingerprint density at radius 2 is 1.42 bits per heavy atom. The minimum Gasteiger partial charge on any atom is -0.354 e. The van der Waals surface area contributed by atoms with Gasteiger partial charge in [0.05, 0.1) is 10.6 Å². The summed E-state index contributed by atoms with van der Waals surface area (Å²) in [6, 6.07) is 28.1. The van der Waals surface area contributed by atoms with E-state index in [4.69, 9.17) is 23.2 Å². The first-order chi connectivity index (χ1) is 21.4. The number of hydrogen-bond acceptors (Lipinski definition) is 4. The third-order valence-electron chi connectivity index (χ3n) is 6.94. The fraction of sp³-hybridized carbons (Fsp3) is 0.235. The van der Waals surface area contributed by atoms with Crippen molar-refractivity contribution >= 4 is 66.7 Å². The van der Waals surface area contributed by atoms with E-state index in [0.29, 0.717) is 6.54 Å². The summed E-state index contributed by atoms with van der Waals surface area (Å²) in [6.45, 7) is 3.84. The number of rotatable bonds is 13. The van der Waals surface area contributed by atoms with Gasteiger partial charge in [0.25, 0.3) is 10.0 Å². The predicted molar refractivity (Wildman–Crippen MR) is 184 cm³/mol. The average molecular weight is 732 g/mol. The molecule has 4 rings (SSSR count). The van der Waals surface area contributed by atoms with Crippen LogP contribution < -0.4 is 9.62 Å². The molecule has 7 nitrogen and oxygen atoms in total. The van der Waals surface area contributed by atoms with Gasteiger partial charge >= 0.3 is 0 Å². The Morgan fingerprint density at radius 3 is 2.02 bits per heavy atom. The van der Waals surface area contributed by atoms with Crippen molar-refractivity contribution < 1.29 is 18.0 Å². The van der Waals surface area contributed by atoms with E-state index >= 15 is 0 Å². The van der Waals surface area contributed by atoms with Gasteiger partial charge in [-0.2, -0.15) is 0 Å². The molecule has 1 atom stereocenters. The molecule has 0 radical (unpaired) electrons. The highest BCUT2D eigenvalue weighted by Gasteiger charge is 2.35. The summed E-state index contributed by atoms with van der Waals surface area (Å²) in [4.78, 5) is 29.8. The lowest BCUT2D eigenvalue weighted by atomic mass is 10.0. The van der Waals surface area contributed by atoms with Gasteiger partial charge in [-0.1, -0.05) is 114 Å². The zero-order valence-electron chi connectivity index (χ0n) is 24.9. The van der Waals surface area contributed by atoms with Gasteiger partial charge in [0.2, 0.25) is 11.8 Å². The Kier molecular flexibility index (Phi) is 12.1. The maximum Gasteiger partial charge on any atom is 0.264 e. The van der Waals surface area contributed by atoms with E-state index in [1.54, 1.807) is 18.2 Å². The van der Waals surface area contributed by atoms with Crippen molar-refractivity contribution in [3.63, 3.8) is 0 Å². The molecule has 0 aliphatic carbocycles. The molecule has 0 unspecified atom stereocenters. The molecule has 0 spiro atoms. The highest BCUT2D eigenvalue weighted by molar-refractivity contribution is 9.10. The van der Waals surface area contributed by atoms with E-state index < -0.39 is 28.5 Å². The van der Waals surface area contributed by atoms with Crippen LogP contribution in [0.15, 0.2) is 112 Å². The van der Waals surface area contributed by atoms with Crippen LogP contribution in [-0.2, 0) is 32.6 Å². The van der Waals surface area contributed by atoms with Crippen LogP contribution in [0.3, 0.4) is 0 Å². The third-order valence-corrected chi connectivity index (χ3v) is 9.66. The largest absolute Gasteiger partial charge is 0.354 e. The molecule has 236 valence electrons. The monoisotopic (exact) mass is 729 g/mol. The first-order valence-electron chi connectivity index (χ1n) is 14.3. The summed E-state index contributed by atoms with van der Waals surface area (Å²) in [5.41, 5.74) is 1.73. The molecule has 0 saturated carbocycles. The first-order valence-corrected chi connectivity index (χ1v) is 17.3. The van der Waals surface area contributed by atoms with E-state index in [0.717, 1.165) is 19.9 Å². The average Bonchev–Trinajstić information content (AvgIpc) is 3.00. The van der Waals surface area contributed by atoms with Gasteiger partial charge in [0.15, 0.2) is 0 Å². The number of anilines is 1. The van der Waals surface area contributed by atoms with Crippen LogP contribution in [0.2, 0.25) is 10.0 Å². The van der Waals surface area contributed by atoms with E-state index in [9.17, 15) is 18.0 Å². The van der Waals surface area contributed by atoms with E-state index in [-0.39, 0.29) is 45.4 Å². The molecule has 0 aliphatic rings. The van der Waals surface area contributed by atoms with Crippen LogP contribution in [0.5, 0.6) is 0 Å². The van der Waals surface area contributed by atoms with Gasteiger partial charge in [-0.05, 0) is 59.5 Å². The number of nitrogens with one attached hydrogen (secondary N) is 1. The molecule has 4 aromatic carbocycles. The van der Waals surface area contributed by atoms with Crippen molar-refractivity contribution in [2.24, 2.45) is 5.92 Å². The number of carbonyl (C=O) groups is 2. The zero-order chi connectivity index (χ0) is 32.6. The summed E-state index contributed by atoms with van der Waals surface area (Å²) >= 11 is 16.1. The minimum absolute atomic E-state index is 0.0112. The Hall–Kier alpha value is -3.37.